The van der Waals surface area contributed by atoms with Crippen molar-refractivity contribution in [2.75, 3.05) is 19.8 Å². The summed E-state index contributed by atoms with van der Waals surface area (Å²) in [6, 6.07) is -0.228. The third kappa shape index (κ3) is 5.83. The Morgan fingerprint density at radius 1 is 1.50 bits per heavy atom. The SMILES string of the molecule is CCOC(=O)C(CC(C)(C)C)NCC1CCCO1. The van der Waals surface area contributed by atoms with E-state index in [9.17, 15) is 4.79 Å². The van der Waals surface area contributed by atoms with Crippen LogP contribution < -0.4 is 5.32 Å². The van der Waals surface area contributed by atoms with E-state index in [1.807, 2.05) is 6.92 Å². The van der Waals surface area contributed by atoms with Crippen molar-refractivity contribution in [3.8, 4) is 0 Å². The van der Waals surface area contributed by atoms with E-state index in [0.29, 0.717) is 6.61 Å². The molecule has 2 atom stereocenters. The van der Waals surface area contributed by atoms with E-state index in [0.717, 1.165) is 32.4 Å². The molecule has 0 aromatic rings. The van der Waals surface area contributed by atoms with Crippen LogP contribution in [0.1, 0.15) is 47.0 Å². The van der Waals surface area contributed by atoms with Crippen molar-refractivity contribution in [2.24, 2.45) is 5.41 Å². The van der Waals surface area contributed by atoms with Crippen molar-refractivity contribution < 1.29 is 14.3 Å². The van der Waals surface area contributed by atoms with Crippen LogP contribution in [-0.4, -0.2) is 37.9 Å². The topological polar surface area (TPSA) is 47.6 Å². The highest BCUT2D eigenvalue weighted by molar-refractivity contribution is 5.75. The van der Waals surface area contributed by atoms with Crippen molar-refractivity contribution in [2.45, 2.75) is 59.1 Å². The Hall–Kier alpha value is -0.610. The van der Waals surface area contributed by atoms with E-state index >= 15 is 0 Å². The molecule has 1 heterocycles. The van der Waals surface area contributed by atoms with Gasteiger partial charge in [0.2, 0.25) is 0 Å². The molecule has 0 saturated carbocycles. The maximum Gasteiger partial charge on any atom is 0.323 e. The molecule has 1 rings (SSSR count). The second-order valence-corrected chi connectivity index (χ2v) is 6.11. The molecule has 2 unspecified atom stereocenters. The smallest absolute Gasteiger partial charge is 0.323 e. The first kappa shape index (κ1) is 15.4. The predicted molar refractivity (Wildman–Crippen MR) is 71.5 cm³/mol. The quantitative estimate of drug-likeness (QED) is 0.740. The minimum absolute atomic E-state index is 0.0982. The molecule has 0 radical (unpaired) electrons. The number of carbonyl (C=O) groups excluding carboxylic acids is 1. The van der Waals surface area contributed by atoms with Crippen molar-refractivity contribution in [1.82, 2.24) is 5.32 Å². The molecule has 0 spiro atoms. The minimum Gasteiger partial charge on any atom is -0.465 e. The molecule has 0 amide bonds. The van der Waals surface area contributed by atoms with Crippen LogP contribution in [0.15, 0.2) is 0 Å². The van der Waals surface area contributed by atoms with Gasteiger partial charge in [0.15, 0.2) is 0 Å². The highest BCUT2D eigenvalue weighted by atomic mass is 16.5. The van der Waals surface area contributed by atoms with Crippen molar-refractivity contribution in [3.05, 3.63) is 0 Å². The van der Waals surface area contributed by atoms with E-state index in [-0.39, 0.29) is 23.5 Å². The zero-order chi connectivity index (χ0) is 13.6. The molecule has 0 aromatic heterocycles. The first-order valence-corrected chi connectivity index (χ1v) is 6.94. The van der Waals surface area contributed by atoms with Crippen LogP contribution in [0.5, 0.6) is 0 Å². The third-order valence-corrected chi connectivity index (χ3v) is 3.00. The molecule has 1 aliphatic rings. The van der Waals surface area contributed by atoms with Crippen LogP contribution in [0.2, 0.25) is 0 Å². The molecule has 1 aliphatic heterocycles. The van der Waals surface area contributed by atoms with Gasteiger partial charge in [0.1, 0.15) is 6.04 Å². The van der Waals surface area contributed by atoms with Gasteiger partial charge in [-0.3, -0.25) is 4.79 Å². The van der Waals surface area contributed by atoms with Gasteiger partial charge in [-0.2, -0.15) is 0 Å². The Bertz CT molecular complexity index is 254. The normalized spacial score (nSPS) is 21.9. The summed E-state index contributed by atoms with van der Waals surface area (Å²) in [5, 5.41) is 3.30. The molecule has 0 aliphatic carbocycles. The maximum absolute atomic E-state index is 11.9. The van der Waals surface area contributed by atoms with Gasteiger partial charge >= 0.3 is 5.97 Å². The first-order chi connectivity index (χ1) is 8.42. The lowest BCUT2D eigenvalue weighted by atomic mass is 9.88. The van der Waals surface area contributed by atoms with Crippen LogP contribution in [0.3, 0.4) is 0 Å². The Kier molecular flexibility index (Phi) is 6.09. The minimum atomic E-state index is -0.228. The molecule has 106 valence electrons. The lowest BCUT2D eigenvalue weighted by Crippen LogP contribution is -2.44. The summed E-state index contributed by atoms with van der Waals surface area (Å²) in [6.07, 6.45) is 3.23. The summed E-state index contributed by atoms with van der Waals surface area (Å²) in [5.41, 5.74) is 0.0982. The van der Waals surface area contributed by atoms with Crippen LogP contribution in [-0.2, 0) is 14.3 Å². The summed E-state index contributed by atoms with van der Waals surface area (Å²) in [5.74, 6) is -0.148. The van der Waals surface area contributed by atoms with Gasteiger partial charge in [0.25, 0.3) is 0 Å². The summed E-state index contributed by atoms with van der Waals surface area (Å²) in [4.78, 5) is 11.9. The van der Waals surface area contributed by atoms with E-state index in [1.54, 1.807) is 0 Å². The van der Waals surface area contributed by atoms with Gasteiger partial charge in [-0.05, 0) is 31.6 Å². The van der Waals surface area contributed by atoms with Crippen molar-refractivity contribution in [3.63, 3.8) is 0 Å². The average Bonchev–Trinajstić information content (AvgIpc) is 2.75. The second kappa shape index (κ2) is 7.10. The number of rotatable bonds is 6. The van der Waals surface area contributed by atoms with Crippen LogP contribution in [0.25, 0.3) is 0 Å². The molecule has 1 saturated heterocycles. The van der Waals surface area contributed by atoms with Gasteiger partial charge in [0, 0.05) is 13.2 Å². The number of carbonyl (C=O) groups is 1. The fraction of sp³-hybridized carbons (Fsp3) is 0.929. The van der Waals surface area contributed by atoms with Crippen molar-refractivity contribution >= 4 is 5.97 Å². The summed E-state index contributed by atoms with van der Waals surface area (Å²) < 4.78 is 10.7. The molecule has 1 fully saturated rings. The fourth-order valence-corrected chi connectivity index (χ4v) is 2.17. The number of nitrogens with one attached hydrogen (secondary N) is 1. The number of esters is 1. The molecule has 1 N–H and O–H groups in total. The molecule has 0 bridgehead atoms. The molecule has 4 heteroatoms. The molecular formula is C14H27NO3. The highest BCUT2D eigenvalue weighted by Crippen LogP contribution is 2.22. The van der Waals surface area contributed by atoms with Crippen LogP contribution >= 0.6 is 0 Å². The maximum atomic E-state index is 11.9. The summed E-state index contributed by atoms with van der Waals surface area (Å²) in [7, 11) is 0. The first-order valence-electron chi connectivity index (χ1n) is 6.94. The highest BCUT2D eigenvalue weighted by Gasteiger charge is 2.27. The summed E-state index contributed by atoms with van der Waals surface area (Å²) >= 11 is 0. The molecule has 4 nitrogen and oxygen atoms in total. The van der Waals surface area contributed by atoms with Gasteiger partial charge in [0.05, 0.1) is 12.7 Å². The molecule has 18 heavy (non-hydrogen) atoms. The lowest BCUT2D eigenvalue weighted by molar-refractivity contribution is -0.146. The van der Waals surface area contributed by atoms with E-state index < -0.39 is 0 Å². The Morgan fingerprint density at radius 3 is 2.72 bits per heavy atom. The zero-order valence-electron chi connectivity index (χ0n) is 12.1. The monoisotopic (exact) mass is 257 g/mol. The Labute approximate surface area is 110 Å². The number of ether oxygens (including phenoxy) is 2. The van der Waals surface area contributed by atoms with E-state index in [4.69, 9.17) is 9.47 Å². The Balaban J connectivity index is 2.45. The van der Waals surface area contributed by atoms with Gasteiger partial charge in [-0.15, -0.1) is 0 Å². The van der Waals surface area contributed by atoms with Crippen LogP contribution in [0.4, 0.5) is 0 Å². The second-order valence-electron chi connectivity index (χ2n) is 6.11. The van der Waals surface area contributed by atoms with Gasteiger partial charge in [-0.1, -0.05) is 20.8 Å². The van der Waals surface area contributed by atoms with Crippen LogP contribution in [0, 0.1) is 5.41 Å². The van der Waals surface area contributed by atoms with E-state index in [2.05, 4.69) is 26.1 Å². The van der Waals surface area contributed by atoms with Gasteiger partial charge < -0.3 is 14.8 Å². The summed E-state index contributed by atoms with van der Waals surface area (Å²) in [6.45, 7) is 10.2. The average molecular weight is 257 g/mol. The van der Waals surface area contributed by atoms with Gasteiger partial charge in [-0.25, -0.2) is 0 Å². The largest absolute Gasteiger partial charge is 0.465 e. The number of hydrogen-bond acceptors (Lipinski definition) is 4. The zero-order valence-corrected chi connectivity index (χ0v) is 12.1. The molecular weight excluding hydrogens is 230 g/mol. The molecule has 0 aromatic carbocycles. The third-order valence-electron chi connectivity index (χ3n) is 3.00. The Morgan fingerprint density at radius 2 is 2.22 bits per heavy atom. The number of hydrogen-bond donors (Lipinski definition) is 1. The van der Waals surface area contributed by atoms with E-state index in [1.165, 1.54) is 0 Å². The predicted octanol–water partition coefficient (Wildman–Crippen LogP) is 2.12. The fourth-order valence-electron chi connectivity index (χ4n) is 2.17. The lowest BCUT2D eigenvalue weighted by Gasteiger charge is -2.26. The standard InChI is InChI=1S/C14H27NO3/c1-5-17-13(16)12(9-14(2,3)4)15-10-11-7-6-8-18-11/h11-12,15H,5-10H2,1-4H3. The van der Waals surface area contributed by atoms with Crippen molar-refractivity contribution in [1.29, 1.82) is 0 Å².